The summed E-state index contributed by atoms with van der Waals surface area (Å²) in [4.78, 5) is 27.1. The van der Waals surface area contributed by atoms with E-state index in [0.717, 1.165) is 22.2 Å². The van der Waals surface area contributed by atoms with Crippen LogP contribution in [0, 0.1) is 11.3 Å². The molecule has 0 spiro atoms. The van der Waals surface area contributed by atoms with Crippen LogP contribution in [-0.2, 0) is 17.9 Å². The SMILES string of the molecule is CCOc1cc(/C=C2/SC(=O)N(Cc3ccccc3C#N)C2=O)c(Br)cc1OCc1ccc(Cl)c(Cl)c1. The lowest BCUT2D eigenvalue weighted by Gasteiger charge is -2.15. The van der Waals surface area contributed by atoms with Crippen LogP contribution in [0.5, 0.6) is 11.5 Å². The molecule has 2 amide bonds. The quantitative estimate of drug-likeness (QED) is 0.240. The van der Waals surface area contributed by atoms with E-state index < -0.39 is 11.1 Å². The van der Waals surface area contributed by atoms with Crippen LogP contribution in [0.4, 0.5) is 4.79 Å². The maximum Gasteiger partial charge on any atom is 0.293 e. The highest BCUT2D eigenvalue weighted by atomic mass is 79.9. The number of rotatable bonds is 8. The highest BCUT2D eigenvalue weighted by molar-refractivity contribution is 9.10. The summed E-state index contributed by atoms with van der Waals surface area (Å²) in [5, 5.41) is 9.83. The number of hydrogen-bond donors (Lipinski definition) is 0. The summed E-state index contributed by atoms with van der Waals surface area (Å²) in [6, 6.07) is 17.7. The molecule has 1 fully saturated rings. The average Bonchev–Trinajstić information content (AvgIpc) is 3.14. The fraction of sp³-hybridized carbons (Fsp3) is 0.148. The van der Waals surface area contributed by atoms with E-state index >= 15 is 0 Å². The van der Waals surface area contributed by atoms with Crippen molar-refractivity contribution >= 4 is 68.1 Å². The average molecular weight is 618 g/mol. The topological polar surface area (TPSA) is 79.6 Å². The summed E-state index contributed by atoms with van der Waals surface area (Å²) in [6.07, 6.45) is 1.64. The van der Waals surface area contributed by atoms with Crippen molar-refractivity contribution in [3.05, 3.63) is 96.3 Å². The molecule has 0 aromatic heterocycles. The van der Waals surface area contributed by atoms with Gasteiger partial charge in [-0.05, 0) is 71.8 Å². The number of carbonyl (C=O) groups excluding carboxylic acids is 2. The summed E-state index contributed by atoms with van der Waals surface area (Å²) >= 11 is 16.5. The molecule has 0 unspecified atom stereocenters. The van der Waals surface area contributed by atoms with Gasteiger partial charge in [-0.1, -0.05) is 63.4 Å². The molecule has 1 aliphatic rings. The van der Waals surface area contributed by atoms with Gasteiger partial charge < -0.3 is 9.47 Å². The van der Waals surface area contributed by atoms with Gasteiger partial charge in [-0.2, -0.15) is 5.26 Å². The fourth-order valence-corrected chi connectivity index (χ4v) is 5.13. The van der Waals surface area contributed by atoms with Crippen molar-refractivity contribution in [3.8, 4) is 17.6 Å². The zero-order valence-electron chi connectivity index (χ0n) is 19.5. The number of carbonyl (C=O) groups is 2. The van der Waals surface area contributed by atoms with Crippen molar-refractivity contribution in [1.82, 2.24) is 4.90 Å². The molecule has 188 valence electrons. The van der Waals surface area contributed by atoms with Gasteiger partial charge in [0.15, 0.2) is 11.5 Å². The number of imide groups is 1. The first-order chi connectivity index (χ1) is 17.8. The Kier molecular flexibility index (Phi) is 8.83. The predicted molar refractivity (Wildman–Crippen MR) is 149 cm³/mol. The molecule has 0 saturated carbocycles. The van der Waals surface area contributed by atoms with E-state index in [1.807, 2.05) is 13.0 Å². The Morgan fingerprint density at radius 2 is 1.81 bits per heavy atom. The molecule has 1 saturated heterocycles. The Bertz CT molecular complexity index is 1450. The Hall–Kier alpha value is -2.96. The maximum atomic E-state index is 13.1. The zero-order chi connectivity index (χ0) is 26.5. The van der Waals surface area contributed by atoms with Gasteiger partial charge in [-0.15, -0.1) is 0 Å². The molecule has 1 aliphatic heterocycles. The number of nitrogens with zero attached hydrogens (tertiary/aromatic N) is 2. The van der Waals surface area contributed by atoms with E-state index in [2.05, 4.69) is 22.0 Å². The third kappa shape index (κ3) is 6.31. The van der Waals surface area contributed by atoms with Gasteiger partial charge in [0.25, 0.3) is 11.1 Å². The molecular weight excluding hydrogens is 599 g/mol. The molecule has 0 aliphatic carbocycles. The Balaban J connectivity index is 1.57. The lowest BCUT2D eigenvalue weighted by molar-refractivity contribution is -0.123. The van der Waals surface area contributed by atoms with Gasteiger partial charge in [0.1, 0.15) is 6.61 Å². The van der Waals surface area contributed by atoms with E-state index in [0.29, 0.717) is 49.3 Å². The van der Waals surface area contributed by atoms with Crippen LogP contribution < -0.4 is 9.47 Å². The molecule has 0 radical (unpaired) electrons. The van der Waals surface area contributed by atoms with Crippen LogP contribution in [0.3, 0.4) is 0 Å². The monoisotopic (exact) mass is 616 g/mol. The van der Waals surface area contributed by atoms with E-state index in [9.17, 15) is 14.9 Å². The van der Waals surface area contributed by atoms with Crippen LogP contribution in [0.1, 0.15) is 29.2 Å². The number of benzene rings is 3. The molecule has 10 heteroatoms. The molecule has 0 atom stereocenters. The van der Waals surface area contributed by atoms with E-state index in [1.54, 1.807) is 54.6 Å². The first-order valence-corrected chi connectivity index (χ1v) is 13.4. The molecule has 6 nitrogen and oxygen atoms in total. The number of nitriles is 1. The molecule has 37 heavy (non-hydrogen) atoms. The second-order valence-corrected chi connectivity index (χ2v) is 10.5. The second-order valence-electron chi connectivity index (χ2n) is 7.83. The Morgan fingerprint density at radius 3 is 2.54 bits per heavy atom. The van der Waals surface area contributed by atoms with Crippen LogP contribution in [0.25, 0.3) is 6.08 Å². The van der Waals surface area contributed by atoms with Crippen LogP contribution in [0.15, 0.2) is 64.0 Å². The lowest BCUT2D eigenvalue weighted by Crippen LogP contribution is -2.27. The zero-order valence-corrected chi connectivity index (χ0v) is 23.4. The van der Waals surface area contributed by atoms with Gasteiger partial charge in [-0.25, -0.2) is 0 Å². The molecule has 3 aromatic carbocycles. The fourth-order valence-electron chi connectivity index (χ4n) is 3.55. The minimum atomic E-state index is -0.424. The number of hydrogen-bond acceptors (Lipinski definition) is 6. The predicted octanol–water partition coefficient (Wildman–Crippen LogP) is 7.84. The maximum absolute atomic E-state index is 13.1. The number of amides is 2. The number of ether oxygens (including phenoxy) is 2. The van der Waals surface area contributed by atoms with Crippen LogP contribution in [0.2, 0.25) is 10.0 Å². The van der Waals surface area contributed by atoms with Crippen LogP contribution >= 0.6 is 50.9 Å². The Labute approximate surface area is 236 Å². The number of halogens is 3. The minimum Gasteiger partial charge on any atom is -0.490 e. The summed E-state index contributed by atoms with van der Waals surface area (Å²) in [5.74, 6) is 0.560. The summed E-state index contributed by atoms with van der Waals surface area (Å²) in [6.45, 7) is 2.53. The minimum absolute atomic E-state index is 0.0264. The summed E-state index contributed by atoms with van der Waals surface area (Å²) < 4.78 is 12.4. The third-order valence-electron chi connectivity index (χ3n) is 5.37. The van der Waals surface area contributed by atoms with E-state index in [4.69, 9.17) is 32.7 Å². The molecule has 0 bridgehead atoms. The lowest BCUT2D eigenvalue weighted by atomic mass is 10.1. The highest BCUT2D eigenvalue weighted by Gasteiger charge is 2.35. The van der Waals surface area contributed by atoms with Gasteiger partial charge in [0.05, 0.1) is 39.7 Å². The van der Waals surface area contributed by atoms with Crippen molar-refractivity contribution < 1.29 is 19.1 Å². The Morgan fingerprint density at radius 1 is 1.05 bits per heavy atom. The standard InChI is InChI=1S/C27H19BrCl2N2O4S/c1-2-35-23-10-19(20(28)12-24(23)36-15-16-7-8-21(29)22(30)9-16)11-25-26(33)32(27(34)37-25)14-18-6-4-3-5-17(18)13-31/h3-12H,2,14-15H2,1H3/b25-11+. The molecular formula is C27H19BrCl2N2O4S. The van der Waals surface area contributed by atoms with Crippen molar-refractivity contribution in [3.63, 3.8) is 0 Å². The number of thioether (sulfide) groups is 1. The second kappa shape index (κ2) is 12.1. The van der Waals surface area contributed by atoms with Gasteiger partial charge in [0, 0.05) is 4.47 Å². The summed E-state index contributed by atoms with van der Waals surface area (Å²) in [5.41, 5.74) is 2.51. The first-order valence-electron chi connectivity index (χ1n) is 11.1. The van der Waals surface area contributed by atoms with Gasteiger partial charge in [0.2, 0.25) is 0 Å². The first kappa shape index (κ1) is 27.1. The molecule has 4 rings (SSSR count). The molecule has 1 heterocycles. The normalized spacial score (nSPS) is 14.2. The third-order valence-corrected chi connectivity index (χ3v) is 7.70. The molecule has 3 aromatic rings. The smallest absolute Gasteiger partial charge is 0.293 e. The van der Waals surface area contributed by atoms with Gasteiger partial charge in [-0.3, -0.25) is 14.5 Å². The van der Waals surface area contributed by atoms with Gasteiger partial charge >= 0.3 is 0 Å². The highest BCUT2D eigenvalue weighted by Crippen LogP contribution is 2.39. The largest absolute Gasteiger partial charge is 0.490 e. The van der Waals surface area contributed by atoms with Crippen molar-refractivity contribution in [2.24, 2.45) is 0 Å². The molecule has 0 N–H and O–H groups in total. The van der Waals surface area contributed by atoms with E-state index in [-0.39, 0.29) is 18.1 Å². The van der Waals surface area contributed by atoms with Crippen molar-refractivity contribution in [1.29, 1.82) is 5.26 Å². The van der Waals surface area contributed by atoms with Crippen molar-refractivity contribution in [2.75, 3.05) is 6.61 Å². The van der Waals surface area contributed by atoms with E-state index in [1.165, 1.54) is 0 Å². The van der Waals surface area contributed by atoms with Crippen molar-refractivity contribution in [2.45, 2.75) is 20.1 Å². The van der Waals surface area contributed by atoms with Crippen LogP contribution in [-0.4, -0.2) is 22.7 Å². The summed E-state index contributed by atoms with van der Waals surface area (Å²) in [7, 11) is 0.